The molecule has 0 aliphatic carbocycles. The van der Waals surface area contributed by atoms with Crippen molar-refractivity contribution >= 4 is 22.8 Å². The molecule has 0 unspecified atom stereocenters. The van der Waals surface area contributed by atoms with Crippen molar-refractivity contribution < 1.29 is 27.8 Å². The highest BCUT2D eigenvalue weighted by Gasteiger charge is 2.30. The van der Waals surface area contributed by atoms with Gasteiger partial charge in [-0.2, -0.15) is 0 Å². The van der Waals surface area contributed by atoms with Crippen LogP contribution >= 0.6 is 0 Å². The normalized spacial score (nSPS) is 13.9. The number of halogens is 2. The molecule has 2 heterocycles. The van der Waals surface area contributed by atoms with Gasteiger partial charge in [0, 0.05) is 35.8 Å². The predicted molar refractivity (Wildman–Crippen MR) is 124 cm³/mol. The lowest BCUT2D eigenvalue weighted by Crippen LogP contribution is -2.02. The van der Waals surface area contributed by atoms with E-state index in [0.29, 0.717) is 28.4 Å². The molecule has 4 aromatic rings. The van der Waals surface area contributed by atoms with Crippen LogP contribution in [0.25, 0.3) is 17.0 Å². The summed E-state index contributed by atoms with van der Waals surface area (Å²) in [6, 6.07) is 12.6. The van der Waals surface area contributed by atoms with Crippen molar-refractivity contribution in [2.45, 2.75) is 13.5 Å². The molecule has 5 rings (SSSR count). The van der Waals surface area contributed by atoms with Crippen molar-refractivity contribution in [1.29, 1.82) is 0 Å². The highest BCUT2D eigenvalue weighted by molar-refractivity contribution is 6.16. The third-order valence-corrected chi connectivity index (χ3v) is 5.90. The van der Waals surface area contributed by atoms with Gasteiger partial charge in [0.15, 0.2) is 5.76 Å². The highest BCUT2D eigenvalue weighted by Crippen LogP contribution is 2.38. The van der Waals surface area contributed by atoms with Crippen LogP contribution in [0.3, 0.4) is 0 Å². The number of carbonyl (C=O) groups excluding carboxylic acids is 1. The van der Waals surface area contributed by atoms with Gasteiger partial charge in [0.1, 0.15) is 35.5 Å². The summed E-state index contributed by atoms with van der Waals surface area (Å²) < 4.78 is 46.7. The van der Waals surface area contributed by atoms with Crippen LogP contribution in [0.15, 0.2) is 60.5 Å². The summed E-state index contributed by atoms with van der Waals surface area (Å²) in [6.45, 7) is 1.48. The summed E-state index contributed by atoms with van der Waals surface area (Å²) in [5.74, 6) is -0.00235. The molecule has 0 atom stereocenters. The van der Waals surface area contributed by atoms with Gasteiger partial charge in [-0.3, -0.25) is 4.79 Å². The Hall–Kier alpha value is -4.13. The SMILES string of the molecule is COc1ccc2c(c1)c(/C=C1\Oc3cc(OCc4c(F)cccc4F)cc(C)c3C1=O)cn2C. The minimum absolute atomic E-state index is 0.162. The Morgan fingerprint density at radius 1 is 1.06 bits per heavy atom. The minimum Gasteiger partial charge on any atom is -0.497 e. The van der Waals surface area contributed by atoms with Crippen molar-refractivity contribution in [2.24, 2.45) is 7.05 Å². The van der Waals surface area contributed by atoms with Crippen molar-refractivity contribution in [3.05, 3.63) is 94.4 Å². The number of hydrogen-bond acceptors (Lipinski definition) is 4. The summed E-state index contributed by atoms with van der Waals surface area (Å²) in [6.07, 6.45) is 3.62. The molecule has 0 spiro atoms. The molecule has 1 aromatic heterocycles. The number of rotatable bonds is 5. The van der Waals surface area contributed by atoms with Gasteiger partial charge in [-0.25, -0.2) is 8.78 Å². The van der Waals surface area contributed by atoms with Crippen molar-refractivity contribution in [1.82, 2.24) is 4.57 Å². The number of Topliss-reactive ketones (excluding diaryl/α,β-unsaturated/α-hetero) is 1. The molecular formula is C27H21F2NO4. The zero-order valence-electron chi connectivity index (χ0n) is 18.8. The van der Waals surface area contributed by atoms with Crippen LogP contribution in [0, 0.1) is 18.6 Å². The van der Waals surface area contributed by atoms with Crippen LogP contribution in [-0.4, -0.2) is 17.5 Å². The molecule has 0 saturated carbocycles. The minimum atomic E-state index is -0.679. The van der Waals surface area contributed by atoms with E-state index in [9.17, 15) is 13.6 Å². The fourth-order valence-electron chi connectivity index (χ4n) is 4.17. The standard InChI is InChI=1S/C27H21F2NO4/c1-15-9-18(33-14-20-21(28)5-4-6-22(20)29)12-24-26(15)27(31)25(34-24)10-16-13-30(2)23-8-7-17(32-3)11-19(16)23/h4-13H,14H2,1-3H3/b25-10-. The lowest BCUT2D eigenvalue weighted by molar-refractivity contribution is 0.101. The number of ether oxygens (including phenoxy) is 3. The van der Waals surface area contributed by atoms with E-state index in [4.69, 9.17) is 14.2 Å². The summed E-state index contributed by atoms with van der Waals surface area (Å²) >= 11 is 0. The summed E-state index contributed by atoms with van der Waals surface area (Å²) in [7, 11) is 3.53. The van der Waals surface area contributed by atoms with Crippen LogP contribution in [0.2, 0.25) is 0 Å². The fraction of sp³-hybridized carbons (Fsp3) is 0.148. The van der Waals surface area contributed by atoms with Crippen LogP contribution in [0.4, 0.5) is 8.78 Å². The molecule has 172 valence electrons. The lowest BCUT2D eigenvalue weighted by Gasteiger charge is -2.10. The van der Waals surface area contributed by atoms with Gasteiger partial charge in [-0.1, -0.05) is 6.07 Å². The molecule has 0 amide bonds. The Morgan fingerprint density at radius 2 is 1.82 bits per heavy atom. The van der Waals surface area contributed by atoms with Gasteiger partial charge in [-0.05, 0) is 55.0 Å². The number of benzene rings is 3. The number of hydrogen-bond donors (Lipinski definition) is 0. The summed E-state index contributed by atoms with van der Waals surface area (Å²) in [5.41, 5.74) is 2.73. The Kier molecular flexibility index (Phi) is 5.32. The van der Waals surface area contributed by atoms with Gasteiger partial charge >= 0.3 is 0 Å². The number of carbonyl (C=O) groups is 1. The third kappa shape index (κ3) is 3.69. The quantitative estimate of drug-likeness (QED) is 0.344. The summed E-state index contributed by atoms with van der Waals surface area (Å²) in [5, 5.41) is 0.925. The first-order chi connectivity index (χ1) is 16.4. The van der Waals surface area contributed by atoms with Gasteiger partial charge in [-0.15, -0.1) is 0 Å². The van der Waals surface area contributed by atoms with E-state index in [-0.39, 0.29) is 23.7 Å². The maximum Gasteiger partial charge on any atom is 0.232 e. The van der Waals surface area contributed by atoms with E-state index in [1.807, 2.05) is 36.0 Å². The topological polar surface area (TPSA) is 49.7 Å². The fourth-order valence-corrected chi connectivity index (χ4v) is 4.17. The van der Waals surface area contributed by atoms with Crippen molar-refractivity contribution in [3.63, 3.8) is 0 Å². The highest BCUT2D eigenvalue weighted by atomic mass is 19.1. The Balaban J connectivity index is 1.45. The van der Waals surface area contributed by atoms with E-state index in [1.165, 1.54) is 18.2 Å². The van der Waals surface area contributed by atoms with Crippen LogP contribution < -0.4 is 14.2 Å². The van der Waals surface area contributed by atoms with E-state index in [2.05, 4.69) is 0 Å². The molecule has 7 heteroatoms. The third-order valence-electron chi connectivity index (χ3n) is 5.90. The average Bonchev–Trinajstić information content (AvgIpc) is 3.29. The maximum absolute atomic E-state index is 13.9. The average molecular weight is 461 g/mol. The maximum atomic E-state index is 13.9. The Bertz CT molecular complexity index is 1470. The van der Waals surface area contributed by atoms with E-state index < -0.39 is 11.6 Å². The second-order valence-corrected chi connectivity index (χ2v) is 8.12. The zero-order chi connectivity index (χ0) is 24.0. The second kappa shape index (κ2) is 8.33. The first-order valence-corrected chi connectivity index (χ1v) is 10.6. The number of ketones is 1. The Morgan fingerprint density at radius 3 is 2.56 bits per heavy atom. The molecule has 5 nitrogen and oxygen atoms in total. The number of aryl methyl sites for hydroxylation is 2. The number of nitrogens with zero attached hydrogens (tertiary/aromatic N) is 1. The number of aromatic nitrogens is 1. The molecule has 34 heavy (non-hydrogen) atoms. The summed E-state index contributed by atoms with van der Waals surface area (Å²) in [4.78, 5) is 13.1. The molecule has 0 saturated heterocycles. The first kappa shape index (κ1) is 21.7. The first-order valence-electron chi connectivity index (χ1n) is 10.6. The van der Waals surface area contributed by atoms with Crippen LogP contribution in [0.5, 0.6) is 17.2 Å². The van der Waals surface area contributed by atoms with E-state index in [0.717, 1.165) is 16.5 Å². The van der Waals surface area contributed by atoms with Crippen LogP contribution in [0.1, 0.15) is 27.0 Å². The Labute approximate surface area is 194 Å². The number of methoxy groups -OCH3 is 1. The van der Waals surface area contributed by atoms with Gasteiger partial charge < -0.3 is 18.8 Å². The number of allylic oxidation sites excluding steroid dienone is 1. The predicted octanol–water partition coefficient (Wildman–Crippen LogP) is 5.97. The smallest absolute Gasteiger partial charge is 0.232 e. The largest absolute Gasteiger partial charge is 0.497 e. The van der Waals surface area contributed by atoms with Gasteiger partial charge in [0.05, 0.1) is 18.2 Å². The van der Waals surface area contributed by atoms with Crippen LogP contribution in [-0.2, 0) is 13.7 Å². The molecule has 3 aromatic carbocycles. The van der Waals surface area contributed by atoms with E-state index in [1.54, 1.807) is 32.2 Å². The lowest BCUT2D eigenvalue weighted by atomic mass is 10.0. The molecule has 0 radical (unpaired) electrons. The monoisotopic (exact) mass is 461 g/mol. The molecule has 0 bridgehead atoms. The zero-order valence-corrected chi connectivity index (χ0v) is 18.8. The molecular weight excluding hydrogens is 440 g/mol. The molecule has 1 aliphatic heterocycles. The van der Waals surface area contributed by atoms with Gasteiger partial charge in [0.25, 0.3) is 0 Å². The van der Waals surface area contributed by atoms with E-state index >= 15 is 0 Å². The van der Waals surface area contributed by atoms with Crippen molar-refractivity contribution in [3.8, 4) is 17.2 Å². The molecule has 0 fully saturated rings. The molecule has 1 aliphatic rings. The number of fused-ring (bicyclic) bond motifs is 2. The van der Waals surface area contributed by atoms with Crippen molar-refractivity contribution in [2.75, 3.05) is 7.11 Å². The second-order valence-electron chi connectivity index (χ2n) is 8.12. The molecule has 0 N–H and O–H groups in total. The van der Waals surface area contributed by atoms with Gasteiger partial charge in [0.2, 0.25) is 5.78 Å².